The Morgan fingerprint density at radius 3 is 2.56 bits per heavy atom. The fourth-order valence-electron chi connectivity index (χ4n) is 5.95. The smallest absolute Gasteiger partial charge is 0.383 e. The normalized spacial score (nSPS) is 18.9. The fraction of sp³-hybridized carbons (Fsp3) is 0.548. The van der Waals surface area contributed by atoms with Crippen LogP contribution >= 0.6 is 23.2 Å². The third-order valence-electron chi connectivity index (χ3n) is 8.30. The van der Waals surface area contributed by atoms with Gasteiger partial charge in [-0.3, -0.25) is 9.69 Å². The van der Waals surface area contributed by atoms with Crippen molar-refractivity contribution < 1.29 is 27.5 Å². The highest BCUT2D eigenvalue weighted by atomic mass is 35.5. The highest BCUT2D eigenvalue weighted by Gasteiger charge is 2.37. The number of nitrogens with one attached hydrogen (secondary N) is 1. The molecule has 2 heterocycles. The van der Waals surface area contributed by atoms with E-state index in [1.807, 2.05) is 11.9 Å². The molecule has 2 aromatic rings. The monoisotopic (exact) mass is 642 g/mol. The van der Waals surface area contributed by atoms with Gasteiger partial charge >= 0.3 is 12.2 Å². The van der Waals surface area contributed by atoms with E-state index in [1.165, 1.54) is 6.07 Å². The number of benzene rings is 2. The number of nitrogens with zero attached hydrogens (tertiary/aromatic N) is 3. The quantitative estimate of drug-likeness (QED) is 0.335. The summed E-state index contributed by atoms with van der Waals surface area (Å²) < 4.78 is 46.1. The number of urea groups is 1. The minimum atomic E-state index is -4.44. The first-order valence-corrected chi connectivity index (χ1v) is 15.4. The van der Waals surface area contributed by atoms with Gasteiger partial charge in [-0.25, -0.2) is 4.79 Å². The van der Waals surface area contributed by atoms with Gasteiger partial charge in [-0.1, -0.05) is 41.8 Å². The molecule has 7 nitrogen and oxygen atoms in total. The number of hydrogen-bond acceptors (Lipinski definition) is 4. The Kier molecular flexibility index (Phi) is 11.6. The van der Waals surface area contributed by atoms with Crippen LogP contribution < -0.4 is 5.32 Å². The van der Waals surface area contributed by atoms with E-state index in [0.717, 1.165) is 36.5 Å². The molecule has 2 aliphatic rings. The van der Waals surface area contributed by atoms with Crippen LogP contribution in [0.15, 0.2) is 36.4 Å². The summed E-state index contributed by atoms with van der Waals surface area (Å²) in [5.74, 6) is -0.168. The Labute approximate surface area is 261 Å². The molecule has 3 amide bonds. The zero-order valence-corrected chi connectivity index (χ0v) is 26.1. The summed E-state index contributed by atoms with van der Waals surface area (Å²) in [6.45, 7) is 3.26. The van der Waals surface area contributed by atoms with Crippen LogP contribution in [0.25, 0.3) is 0 Å². The number of halogens is 5. The summed E-state index contributed by atoms with van der Waals surface area (Å²) in [6, 6.07) is 8.11. The van der Waals surface area contributed by atoms with E-state index >= 15 is 0 Å². The standard InChI is InChI=1S/C31H39Cl2F3N4O3/c1-38(15-16-43-2)20-23-17-24(31(34,35)36)7-9-26(23)21-5-3-4-12-39(13-10-21)29(41)28(40-14-11-37-30(40)42)18-22-6-8-25(32)19-27(22)33/h6-9,17,19,21,28H,3-5,10-16,18,20H2,1-2H3,(H,37,42). The molecule has 0 saturated carbocycles. The van der Waals surface area contributed by atoms with Crippen molar-refractivity contribution in [2.45, 2.75) is 56.8 Å². The largest absolute Gasteiger partial charge is 0.416 e. The maximum atomic E-state index is 14.1. The number of alkyl halides is 3. The maximum Gasteiger partial charge on any atom is 0.416 e. The van der Waals surface area contributed by atoms with Crippen molar-refractivity contribution in [3.8, 4) is 0 Å². The van der Waals surface area contributed by atoms with E-state index in [4.69, 9.17) is 27.9 Å². The van der Waals surface area contributed by atoms with Crippen molar-refractivity contribution in [3.05, 3.63) is 68.7 Å². The molecule has 2 fully saturated rings. The van der Waals surface area contributed by atoms with Gasteiger partial charge in [0.25, 0.3) is 0 Å². The first kappa shape index (κ1) is 33.4. The van der Waals surface area contributed by atoms with E-state index < -0.39 is 17.8 Å². The second-order valence-electron chi connectivity index (χ2n) is 11.3. The van der Waals surface area contributed by atoms with E-state index in [2.05, 4.69) is 5.32 Å². The summed E-state index contributed by atoms with van der Waals surface area (Å²) in [4.78, 5) is 32.1. The molecule has 2 atom stereocenters. The van der Waals surface area contributed by atoms with Gasteiger partial charge in [-0.05, 0) is 73.2 Å². The molecule has 2 aromatic carbocycles. The third-order valence-corrected chi connectivity index (χ3v) is 8.88. The molecule has 12 heteroatoms. The van der Waals surface area contributed by atoms with Gasteiger partial charge in [-0.2, -0.15) is 13.2 Å². The number of hydrogen-bond donors (Lipinski definition) is 1. The second-order valence-corrected chi connectivity index (χ2v) is 12.2. The average molecular weight is 644 g/mol. The molecular formula is C31H39Cl2F3N4O3. The van der Waals surface area contributed by atoms with Crippen LogP contribution in [0.2, 0.25) is 10.0 Å². The molecule has 2 saturated heterocycles. The van der Waals surface area contributed by atoms with Crippen LogP contribution in [0, 0.1) is 0 Å². The Morgan fingerprint density at radius 1 is 1.09 bits per heavy atom. The van der Waals surface area contributed by atoms with Crippen molar-refractivity contribution in [1.82, 2.24) is 20.0 Å². The van der Waals surface area contributed by atoms with E-state index in [1.54, 1.807) is 41.2 Å². The van der Waals surface area contributed by atoms with Gasteiger partial charge in [0, 0.05) is 62.8 Å². The number of ether oxygens (including phenoxy) is 1. The van der Waals surface area contributed by atoms with Crippen LogP contribution in [0.3, 0.4) is 0 Å². The molecule has 236 valence electrons. The number of likely N-dealkylation sites (N-methyl/N-ethyl adjacent to an activating group) is 1. The lowest BCUT2D eigenvalue weighted by Crippen LogP contribution is -2.51. The molecule has 0 aliphatic carbocycles. The Balaban J connectivity index is 1.56. The Morgan fingerprint density at radius 2 is 1.88 bits per heavy atom. The van der Waals surface area contributed by atoms with Crippen LogP contribution in [0.4, 0.5) is 18.0 Å². The molecule has 0 spiro atoms. The maximum absolute atomic E-state index is 14.1. The Bertz CT molecular complexity index is 1280. The van der Waals surface area contributed by atoms with Gasteiger partial charge in [0.1, 0.15) is 6.04 Å². The number of amides is 3. The fourth-order valence-corrected chi connectivity index (χ4v) is 6.43. The summed E-state index contributed by atoms with van der Waals surface area (Å²) in [5.41, 5.74) is 1.58. The first-order chi connectivity index (χ1) is 20.5. The van der Waals surface area contributed by atoms with Crippen molar-refractivity contribution in [2.24, 2.45) is 0 Å². The van der Waals surface area contributed by atoms with Crippen LogP contribution in [-0.4, -0.2) is 86.2 Å². The SMILES string of the molecule is COCCN(C)Cc1cc(C(F)(F)F)ccc1C1CCCCN(C(=O)C(Cc2ccc(Cl)cc2Cl)N2CCNC2=O)CC1. The van der Waals surface area contributed by atoms with Gasteiger partial charge in [0.15, 0.2) is 0 Å². The van der Waals surface area contributed by atoms with Crippen LogP contribution in [0.1, 0.15) is 53.9 Å². The highest BCUT2D eigenvalue weighted by Crippen LogP contribution is 2.36. The Hall–Kier alpha value is -2.53. The molecule has 1 N–H and O–H groups in total. The molecule has 4 rings (SSSR count). The molecule has 0 bridgehead atoms. The highest BCUT2D eigenvalue weighted by molar-refractivity contribution is 6.35. The van der Waals surface area contributed by atoms with Crippen molar-refractivity contribution in [2.75, 3.05) is 53.5 Å². The third kappa shape index (κ3) is 8.77. The molecule has 0 radical (unpaired) electrons. The van der Waals surface area contributed by atoms with Gasteiger partial charge in [0.05, 0.1) is 12.2 Å². The zero-order valence-electron chi connectivity index (χ0n) is 24.6. The first-order valence-electron chi connectivity index (χ1n) is 14.6. The molecule has 2 unspecified atom stereocenters. The summed E-state index contributed by atoms with van der Waals surface area (Å²) in [7, 11) is 3.46. The van der Waals surface area contributed by atoms with Crippen molar-refractivity contribution >= 4 is 35.1 Å². The van der Waals surface area contributed by atoms with Gasteiger partial charge in [0.2, 0.25) is 5.91 Å². The summed E-state index contributed by atoms with van der Waals surface area (Å²) in [6.07, 6.45) is -1.18. The number of carbonyl (C=O) groups excluding carboxylic acids is 2. The lowest BCUT2D eigenvalue weighted by molar-refractivity contribution is -0.138. The summed E-state index contributed by atoms with van der Waals surface area (Å²) >= 11 is 12.5. The number of likely N-dealkylation sites (tertiary alicyclic amines) is 1. The number of rotatable bonds is 10. The van der Waals surface area contributed by atoms with E-state index in [0.29, 0.717) is 67.9 Å². The topological polar surface area (TPSA) is 65.1 Å². The zero-order chi connectivity index (χ0) is 31.1. The molecule has 2 aliphatic heterocycles. The minimum Gasteiger partial charge on any atom is -0.383 e. The average Bonchev–Trinajstić information content (AvgIpc) is 3.36. The van der Waals surface area contributed by atoms with Gasteiger partial charge < -0.3 is 19.9 Å². The van der Waals surface area contributed by atoms with Crippen LogP contribution in [-0.2, 0) is 28.7 Å². The lowest BCUT2D eigenvalue weighted by atomic mass is 9.85. The predicted octanol–water partition coefficient (Wildman–Crippen LogP) is 6.21. The predicted molar refractivity (Wildman–Crippen MR) is 162 cm³/mol. The molecule has 43 heavy (non-hydrogen) atoms. The lowest BCUT2D eigenvalue weighted by Gasteiger charge is -2.35. The van der Waals surface area contributed by atoms with Gasteiger partial charge in [-0.15, -0.1) is 0 Å². The molecular weight excluding hydrogens is 604 g/mol. The summed E-state index contributed by atoms with van der Waals surface area (Å²) in [5, 5.41) is 3.71. The van der Waals surface area contributed by atoms with Crippen molar-refractivity contribution in [1.29, 1.82) is 0 Å². The van der Waals surface area contributed by atoms with Crippen LogP contribution in [0.5, 0.6) is 0 Å². The number of carbonyl (C=O) groups is 2. The minimum absolute atomic E-state index is 0.0112. The second kappa shape index (κ2) is 15.0. The van der Waals surface area contributed by atoms with E-state index in [-0.39, 0.29) is 24.3 Å². The van der Waals surface area contributed by atoms with E-state index in [9.17, 15) is 22.8 Å². The van der Waals surface area contributed by atoms with Crippen molar-refractivity contribution in [3.63, 3.8) is 0 Å². The molecule has 0 aromatic heterocycles. The number of methoxy groups -OCH3 is 1.